The van der Waals surface area contributed by atoms with Crippen molar-refractivity contribution in [1.82, 2.24) is 25.3 Å². The van der Waals surface area contributed by atoms with E-state index >= 15 is 0 Å². The molecule has 18 nitrogen and oxygen atoms in total. The minimum absolute atomic E-state index is 0.0202. The maximum Gasteiger partial charge on any atom is 0.416 e. The molecule has 0 spiro atoms. The molecule has 24 heteroatoms. The van der Waals surface area contributed by atoms with E-state index in [1.54, 1.807) is 88.8 Å². The van der Waals surface area contributed by atoms with Gasteiger partial charge >= 0.3 is 30.5 Å². The van der Waals surface area contributed by atoms with Gasteiger partial charge in [0.2, 0.25) is 11.8 Å². The number of oxazole rings is 2. The van der Waals surface area contributed by atoms with E-state index in [9.17, 15) is 40.7 Å². The van der Waals surface area contributed by atoms with Crippen LogP contribution in [-0.2, 0) is 36.8 Å². The van der Waals surface area contributed by atoms with Crippen molar-refractivity contribution in [2.45, 2.75) is 57.0 Å². The monoisotopic (exact) mass is 1170 g/mol. The predicted molar refractivity (Wildman–Crippen MR) is 309 cm³/mol. The van der Waals surface area contributed by atoms with Crippen LogP contribution in [0.3, 0.4) is 0 Å². The fourth-order valence-corrected chi connectivity index (χ4v) is 10.8. The number of ether oxygens (including phenoxy) is 1. The van der Waals surface area contributed by atoms with Crippen molar-refractivity contribution in [3.63, 3.8) is 0 Å². The van der Waals surface area contributed by atoms with Crippen molar-refractivity contribution in [2.75, 3.05) is 56.4 Å². The van der Waals surface area contributed by atoms with Gasteiger partial charge in [-0.15, -0.1) is 0 Å². The molecule has 2 fully saturated rings. The summed E-state index contributed by atoms with van der Waals surface area (Å²) in [7, 11) is 0. The van der Waals surface area contributed by atoms with Crippen LogP contribution < -0.4 is 41.3 Å². The first-order valence-corrected chi connectivity index (χ1v) is 27.3. The second-order valence-corrected chi connectivity index (χ2v) is 20.6. The Balaban J connectivity index is 0.000000173. The zero-order chi connectivity index (χ0) is 59.7. The first kappa shape index (κ1) is 56.3. The molecule has 5 N–H and O–H groups in total. The summed E-state index contributed by atoms with van der Waals surface area (Å²) < 4.78 is 96.8. The highest BCUT2D eigenvalue weighted by Gasteiger charge is 2.42. The van der Waals surface area contributed by atoms with Crippen LogP contribution in [0.1, 0.15) is 41.3 Å². The summed E-state index contributed by atoms with van der Waals surface area (Å²) >= 11 is 0. The lowest BCUT2D eigenvalue weighted by Crippen LogP contribution is -2.48. The number of nitrogens with zero attached hydrogens (tertiary/aromatic N) is 8. The summed E-state index contributed by atoms with van der Waals surface area (Å²) in [6.45, 7) is 3.11. The molecule has 438 valence electrons. The first-order chi connectivity index (χ1) is 41.5. The molecule has 0 radical (unpaired) electrons. The number of amides is 5. The van der Waals surface area contributed by atoms with Gasteiger partial charge in [-0.3, -0.25) is 9.80 Å². The average Bonchev–Trinajstić information content (AvgIpc) is 1.71. The van der Waals surface area contributed by atoms with Crippen LogP contribution in [0.4, 0.5) is 75.1 Å². The van der Waals surface area contributed by atoms with Gasteiger partial charge in [-0.2, -0.15) is 26.3 Å². The number of nitrogens with two attached hydrogens (primary N) is 1. The molecule has 4 aromatic heterocycles. The highest BCUT2D eigenvalue weighted by molar-refractivity contribution is 6.06. The quantitative estimate of drug-likeness (QED) is 0.0889. The van der Waals surface area contributed by atoms with Gasteiger partial charge in [-0.05, 0) is 91.2 Å². The third kappa shape index (κ3) is 12.1. The van der Waals surface area contributed by atoms with E-state index in [4.69, 9.17) is 24.3 Å². The number of carbonyl (C=O) groups excluding carboxylic acids is 3. The number of aromatic nitrogens is 4. The number of halogens is 6. The van der Waals surface area contributed by atoms with Crippen LogP contribution in [0.5, 0.6) is 0 Å². The molecular weight excluding hydrogens is 1120 g/mol. The summed E-state index contributed by atoms with van der Waals surface area (Å²) in [6.07, 6.45) is -4.98. The Morgan fingerprint density at radius 1 is 0.570 bits per heavy atom. The van der Waals surface area contributed by atoms with E-state index in [1.165, 1.54) is 18.3 Å². The maximum atomic E-state index is 13.8. The van der Waals surface area contributed by atoms with Gasteiger partial charge < -0.3 is 45.1 Å². The Hall–Kier alpha value is -10.2. The zero-order valence-electron chi connectivity index (χ0n) is 45.5. The Morgan fingerprint density at radius 3 is 1.53 bits per heavy atom. The van der Waals surface area contributed by atoms with Crippen LogP contribution >= 0.6 is 0 Å². The van der Waals surface area contributed by atoms with Crippen molar-refractivity contribution in [3.8, 4) is 45.2 Å². The molecule has 5 amide bonds. The number of rotatable bonds is 11. The standard InChI is InChI=1S/C35H29F3N6O4.C27H23F3N6O2/c36-35(37,38)25-10-4-8-23(16-25)28-12-13-29-32(42-28)44(27-14-15-43(29)20-27)33(45)41-26-11-5-9-24(17-26)30-18-39-31(48-30)19-40-34(46)47-21-22-6-2-1-3-7-22;28-27(29,30)18-5-1-3-16(11-18)21-7-8-22-25(34-21)36(20-9-10-35(22)15-20)26(37)33-19-6-2-4-17(12-19)23-14-32-24(13-31)38-23/h1-13,16-18,27H,14-15,19-21H2,(H,40,46)(H,41,45);1-8,11-12,14,20H,9-10,13,15,31H2,(H,33,37)/t27-;20-/m00/s1. The summed E-state index contributed by atoms with van der Waals surface area (Å²) in [6, 6.07) is 39.5. The SMILES string of the molecule is NCc1ncc(-c2cccc(NC(=O)N3c4nc(-c5cccc(C(F)(F)F)c5)ccc4N4CC[C@H]3C4)c2)o1.O=C(NCc1ncc(-c2cccc(NC(=O)N3c4nc(-c5cccc(C(F)(F)F)c5)ccc4N4CC[C@H]3C4)c2)o1)OCc1ccccc1. The number of alkyl halides is 6. The van der Waals surface area contributed by atoms with Crippen molar-refractivity contribution in [3.05, 3.63) is 193 Å². The number of anilines is 6. The topological polar surface area (TPSA) is 213 Å². The molecule has 4 aliphatic rings. The van der Waals surface area contributed by atoms with Gasteiger partial charge in [-0.1, -0.05) is 78.9 Å². The molecule has 13 rings (SSSR count). The zero-order valence-corrected chi connectivity index (χ0v) is 45.5. The maximum absolute atomic E-state index is 13.8. The molecule has 2 atom stereocenters. The van der Waals surface area contributed by atoms with Crippen LogP contribution in [0.15, 0.2) is 173 Å². The minimum atomic E-state index is -4.49. The van der Waals surface area contributed by atoms with E-state index < -0.39 is 35.6 Å². The van der Waals surface area contributed by atoms with Gasteiger partial charge in [0, 0.05) is 59.8 Å². The normalized spacial score (nSPS) is 15.8. The lowest BCUT2D eigenvalue weighted by atomic mass is 10.1. The molecular formula is C62H52F6N12O6. The number of alkyl carbamates (subject to hydrolysis) is 1. The fourth-order valence-electron chi connectivity index (χ4n) is 10.8. The second-order valence-electron chi connectivity index (χ2n) is 20.6. The van der Waals surface area contributed by atoms with E-state index in [0.717, 1.165) is 72.7 Å². The molecule has 8 heterocycles. The van der Waals surface area contributed by atoms with Crippen LogP contribution in [0, 0.1) is 0 Å². The molecule has 9 aromatic rings. The number of benzene rings is 5. The van der Waals surface area contributed by atoms with Gasteiger partial charge in [-0.25, -0.2) is 34.3 Å². The Morgan fingerprint density at radius 2 is 1.05 bits per heavy atom. The highest BCUT2D eigenvalue weighted by atomic mass is 19.4. The number of carbonyl (C=O) groups is 3. The van der Waals surface area contributed by atoms with Crippen molar-refractivity contribution in [1.29, 1.82) is 0 Å². The summed E-state index contributed by atoms with van der Waals surface area (Å²) in [4.78, 5) is 64.8. The van der Waals surface area contributed by atoms with E-state index in [-0.39, 0.29) is 43.7 Å². The van der Waals surface area contributed by atoms with E-state index in [0.29, 0.717) is 81.6 Å². The van der Waals surface area contributed by atoms with Crippen LogP contribution in [-0.4, -0.2) is 76.4 Å². The number of fused-ring (bicyclic) bond motifs is 8. The van der Waals surface area contributed by atoms with E-state index in [2.05, 4.69) is 40.7 Å². The number of pyridine rings is 2. The summed E-state index contributed by atoms with van der Waals surface area (Å²) in [5, 5.41) is 8.51. The smallest absolute Gasteiger partial charge is 0.416 e. The minimum Gasteiger partial charge on any atom is -0.445 e. The molecule has 5 aromatic carbocycles. The predicted octanol–water partition coefficient (Wildman–Crippen LogP) is 13.0. The molecule has 2 saturated heterocycles. The van der Waals surface area contributed by atoms with Crippen LogP contribution in [0.25, 0.3) is 45.2 Å². The Bertz CT molecular complexity index is 3990. The third-order valence-corrected chi connectivity index (χ3v) is 15.0. The summed E-state index contributed by atoms with van der Waals surface area (Å²) in [5.41, 5.74) is 10.2. The first-order valence-electron chi connectivity index (χ1n) is 27.3. The number of hydrogen-bond acceptors (Lipinski definition) is 13. The third-order valence-electron chi connectivity index (χ3n) is 15.0. The molecule has 4 aliphatic heterocycles. The van der Waals surface area contributed by atoms with Crippen molar-refractivity contribution < 1.29 is 54.3 Å². The average molecular weight is 1180 g/mol. The van der Waals surface area contributed by atoms with Gasteiger partial charge in [0.1, 0.15) is 6.61 Å². The lowest BCUT2D eigenvalue weighted by molar-refractivity contribution is -0.138. The highest BCUT2D eigenvalue weighted by Crippen LogP contribution is 2.43. The lowest BCUT2D eigenvalue weighted by Gasteiger charge is -2.36. The summed E-state index contributed by atoms with van der Waals surface area (Å²) in [5.74, 6) is 2.46. The number of urea groups is 2. The van der Waals surface area contributed by atoms with Crippen LogP contribution in [0.2, 0.25) is 0 Å². The fraction of sp³-hybridized carbons (Fsp3) is 0.210. The van der Waals surface area contributed by atoms with Gasteiger partial charge in [0.25, 0.3) is 0 Å². The molecule has 0 unspecified atom stereocenters. The van der Waals surface area contributed by atoms with Crippen molar-refractivity contribution in [2.24, 2.45) is 5.73 Å². The molecule has 0 aliphatic carbocycles. The van der Waals surface area contributed by atoms with Gasteiger partial charge in [0.05, 0.1) is 71.5 Å². The molecule has 4 bridgehead atoms. The largest absolute Gasteiger partial charge is 0.445 e. The Labute approximate surface area is 487 Å². The second kappa shape index (κ2) is 23.4. The Kier molecular flexibility index (Phi) is 15.3. The van der Waals surface area contributed by atoms with E-state index in [1.807, 2.05) is 42.5 Å². The number of nitrogens with one attached hydrogen (secondary N) is 3. The van der Waals surface area contributed by atoms with Gasteiger partial charge in [0.15, 0.2) is 23.2 Å². The molecule has 0 saturated carbocycles. The number of hydrogen-bond donors (Lipinski definition) is 4. The van der Waals surface area contributed by atoms with Crippen molar-refractivity contribution >= 4 is 52.5 Å². The molecule has 86 heavy (non-hydrogen) atoms.